The zero-order valence-electron chi connectivity index (χ0n) is 16.6. The first-order valence-electron chi connectivity index (χ1n) is 9.45. The number of halogens is 3. The number of alkyl halides is 3. The van der Waals surface area contributed by atoms with E-state index in [0.29, 0.717) is 16.5 Å². The molecule has 1 amide bonds. The molecule has 0 bridgehead atoms. The first kappa shape index (κ1) is 21.8. The van der Waals surface area contributed by atoms with E-state index in [4.69, 9.17) is 9.84 Å². The summed E-state index contributed by atoms with van der Waals surface area (Å²) >= 11 is 0. The largest absolute Gasteiger partial charge is 0.477 e. The maximum absolute atomic E-state index is 12.9. The Morgan fingerprint density at radius 1 is 0.939 bits per heavy atom. The van der Waals surface area contributed by atoms with Crippen LogP contribution in [-0.2, 0) is 6.18 Å². The van der Waals surface area contributed by atoms with Crippen molar-refractivity contribution in [3.63, 3.8) is 0 Å². The second kappa shape index (κ2) is 8.58. The maximum Gasteiger partial charge on any atom is 0.416 e. The molecule has 0 aliphatic heterocycles. The zero-order valence-corrected chi connectivity index (χ0v) is 16.6. The second-order valence-corrected chi connectivity index (χ2v) is 6.87. The van der Waals surface area contributed by atoms with Gasteiger partial charge in [0.2, 0.25) is 5.88 Å². The molecule has 4 rings (SSSR count). The number of carbonyl (C=O) groups excluding carboxylic acids is 1. The fraction of sp³-hybridized carbons (Fsp3) is 0.0435. The second-order valence-electron chi connectivity index (χ2n) is 6.87. The molecule has 4 aromatic rings. The molecule has 3 aromatic carbocycles. The molecule has 0 aliphatic rings. The molecule has 0 unspecified atom stereocenters. The first-order chi connectivity index (χ1) is 15.7. The van der Waals surface area contributed by atoms with Gasteiger partial charge in [0.1, 0.15) is 12.1 Å². The van der Waals surface area contributed by atoms with Crippen LogP contribution in [0.15, 0.2) is 73.1 Å². The number of fused-ring (bicyclic) bond motifs is 1. The van der Waals surface area contributed by atoms with E-state index in [2.05, 4.69) is 15.3 Å². The van der Waals surface area contributed by atoms with Crippen LogP contribution in [0.4, 0.5) is 18.9 Å². The van der Waals surface area contributed by atoms with E-state index in [9.17, 15) is 22.8 Å². The lowest BCUT2D eigenvalue weighted by Crippen LogP contribution is -2.13. The van der Waals surface area contributed by atoms with Gasteiger partial charge in [-0.2, -0.15) is 13.2 Å². The Kier molecular flexibility index (Phi) is 5.65. The van der Waals surface area contributed by atoms with Gasteiger partial charge in [0.05, 0.1) is 5.56 Å². The standard InChI is InChI=1S/C23H14F3N3O4/c24-23(25,26)14-4-2-5-15(10-14)29-21(30)18-6-1-3-13-9-16(7-8-17(13)18)33-20-11-19(22(31)32)27-12-28-20/h1-12H,(H,29,30)(H,31,32). The average Bonchev–Trinajstić information content (AvgIpc) is 2.78. The van der Waals surface area contributed by atoms with Crippen LogP contribution in [0.1, 0.15) is 26.4 Å². The Balaban J connectivity index is 1.59. The summed E-state index contributed by atoms with van der Waals surface area (Å²) in [5.74, 6) is -1.43. The Morgan fingerprint density at radius 2 is 1.73 bits per heavy atom. The normalized spacial score (nSPS) is 11.2. The number of aromatic nitrogens is 2. The maximum atomic E-state index is 12.9. The van der Waals surface area contributed by atoms with Crippen LogP contribution in [0.3, 0.4) is 0 Å². The molecule has 7 nitrogen and oxygen atoms in total. The lowest BCUT2D eigenvalue weighted by molar-refractivity contribution is -0.137. The van der Waals surface area contributed by atoms with Gasteiger partial charge in [-0.1, -0.05) is 18.2 Å². The number of carboxylic acids is 1. The van der Waals surface area contributed by atoms with Crippen LogP contribution in [0, 0.1) is 0 Å². The summed E-state index contributed by atoms with van der Waals surface area (Å²) in [4.78, 5) is 31.3. The number of nitrogens with one attached hydrogen (secondary N) is 1. The van der Waals surface area contributed by atoms with E-state index in [1.807, 2.05) is 0 Å². The minimum absolute atomic E-state index is 0.0183. The number of nitrogens with zero attached hydrogens (tertiary/aromatic N) is 2. The number of hydrogen-bond acceptors (Lipinski definition) is 5. The fourth-order valence-electron chi connectivity index (χ4n) is 3.13. The summed E-state index contributed by atoms with van der Waals surface area (Å²) in [6.45, 7) is 0. The van der Waals surface area contributed by atoms with Crippen LogP contribution in [0.25, 0.3) is 10.8 Å². The molecule has 0 radical (unpaired) electrons. The lowest BCUT2D eigenvalue weighted by Gasteiger charge is -2.12. The molecule has 10 heteroatoms. The number of amides is 1. The highest BCUT2D eigenvalue weighted by molar-refractivity contribution is 6.13. The highest BCUT2D eigenvalue weighted by Gasteiger charge is 2.30. The minimum Gasteiger partial charge on any atom is -0.477 e. The topological polar surface area (TPSA) is 101 Å². The van der Waals surface area contributed by atoms with Crippen LogP contribution >= 0.6 is 0 Å². The molecule has 0 saturated carbocycles. The highest BCUT2D eigenvalue weighted by atomic mass is 19.4. The summed E-state index contributed by atoms with van der Waals surface area (Å²) in [5, 5.41) is 12.7. The minimum atomic E-state index is -4.52. The number of rotatable bonds is 5. The molecule has 1 aromatic heterocycles. The van der Waals surface area contributed by atoms with E-state index in [-0.39, 0.29) is 22.8 Å². The molecular weight excluding hydrogens is 439 g/mol. The summed E-state index contributed by atoms with van der Waals surface area (Å²) in [6.07, 6.45) is -3.46. The molecule has 0 fully saturated rings. The van der Waals surface area contributed by atoms with Crippen molar-refractivity contribution in [1.82, 2.24) is 9.97 Å². The zero-order chi connectivity index (χ0) is 23.6. The fourth-order valence-corrected chi connectivity index (χ4v) is 3.13. The molecule has 166 valence electrons. The van der Waals surface area contributed by atoms with Crippen LogP contribution in [0.2, 0.25) is 0 Å². The number of hydrogen-bond donors (Lipinski definition) is 2. The third kappa shape index (κ3) is 4.90. The van der Waals surface area contributed by atoms with Gasteiger partial charge in [-0.15, -0.1) is 0 Å². The SMILES string of the molecule is O=C(O)c1cc(Oc2ccc3c(C(=O)Nc4cccc(C(F)(F)F)c4)cccc3c2)ncn1. The molecule has 33 heavy (non-hydrogen) atoms. The Labute approximate surface area is 184 Å². The number of carbonyl (C=O) groups is 2. The number of benzene rings is 3. The molecule has 0 aliphatic carbocycles. The summed E-state index contributed by atoms with van der Waals surface area (Å²) < 4.78 is 44.4. The Bertz CT molecular complexity index is 1370. The number of carboxylic acid groups (broad SMARTS) is 1. The van der Waals surface area contributed by atoms with E-state index in [1.165, 1.54) is 18.2 Å². The first-order valence-corrected chi connectivity index (χ1v) is 9.45. The summed E-state index contributed by atoms with van der Waals surface area (Å²) in [7, 11) is 0. The quantitative estimate of drug-likeness (QED) is 0.420. The van der Waals surface area contributed by atoms with Gasteiger partial charge in [0.25, 0.3) is 5.91 Å². The summed E-state index contributed by atoms with van der Waals surface area (Å²) in [5.41, 5.74) is -0.818. The van der Waals surface area contributed by atoms with Crippen molar-refractivity contribution >= 4 is 28.3 Å². The van der Waals surface area contributed by atoms with Crippen molar-refractivity contribution < 1.29 is 32.6 Å². The van der Waals surface area contributed by atoms with Gasteiger partial charge in [-0.25, -0.2) is 14.8 Å². The van der Waals surface area contributed by atoms with Gasteiger partial charge in [0.15, 0.2) is 5.69 Å². The molecular formula is C23H14F3N3O4. The van der Waals surface area contributed by atoms with Gasteiger partial charge in [-0.05, 0) is 53.2 Å². The summed E-state index contributed by atoms with van der Waals surface area (Å²) in [6, 6.07) is 15.3. The van der Waals surface area contributed by atoms with Gasteiger partial charge in [-0.3, -0.25) is 4.79 Å². The monoisotopic (exact) mass is 453 g/mol. The van der Waals surface area contributed by atoms with Crippen molar-refractivity contribution in [3.8, 4) is 11.6 Å². The van der Waals surface area contributed by atoms with Crippen LogP contribution in [0.5, 0.6) is 11.6 Å². The highest BCUT2D eigenvalue weighted by Crippen LogP contribution is 2.31. The van der Waals surface area contributed by atoms with Crippen molar-refractivity contribution in [2.45, 2.75) is 6.18 Å². The van der Waals surface area contributed by atoms with Crippen molar-refractivity contribution in [2.75, 3.05) is 5.32 Å². The van der Waals surface area contributed by atoms with Crippen molar-refractivity contribution in [3.05, 3.63) is 89.9 Å². The molecule has 0 atom stereocenters. The van der Waals surface area contributed by atoms with E-state index < -0.39 is 23.6 Å². The number of ether oxygens (including phenoxy) is 1. The number of anilines is 1. The van der Waals surface area contributed by atoms with Crippen LogP contribution in [-0.4, -0.2) is 27.0 Å². The third-order valence-corrected chi connectivity index (χ3v) is 4.63. The van der Waals surface area contributed by atoms with E-state index in [1.54, 1.807) is 36.4 Å². The van der Waals surface area contributed by atoms with Crippen molar-refractivity contribution in [1.29, 1.82) is 0 Å². The van der Waals surface area contributed by atoms with Gasteiger partial charge < -0.3 is 15.2 Å². The molecule has 1 heterocycles. The predicted octanol–water partition coefficient (Wildman–Crippen LogP) is 5.39. The Morgan fingerprint density at radius 3 is 2.48 bits per heavy atom. The molecule has 0 spiro atoms. The average molecular weight is 453 g/mol. The molecule has 0 saturated heterocycles. The van der Waals surface area contributed by atoms with E-state index in [0.717, 1.165) is 18.5 Å². The number of aromatic carboxylic acids is 1. The Hall–Kier alpha value is -4.47. The van der Waals surface area contributed by atoms with Gasteiger partial charge in [0, 0.05) is 17.3 Å². The van der Waals surface area contributed by atoms with E-state index >= 15 is 0 Å². The lowest BCUT2D eigenvalue weighted by atomic mass is 10.0. The molecule has 2 N–H and O–H groups in total. The third-order valence-electron chi connectivity index (χ3n) is 4.63. The predicted molar refractivity (Wildman–Crippen MR) is 112 cm³/mol. The smallest absolute Gasteiger partial charge is 0.416 e. The van der Waals surface area contributed by atoms with Crippen LogP contribution < -0.4 is 10.1 Å². The van der Waals surface area contributed by atoms with Gasteiger partial charge >= 0.3 is 12.1 Å². The van der Waals surface area contributed by atoms with Crippen molar-refractivity contribution in [2.24, 2.45) is 0 Å².